The SMILES string of the molecule is C=CCNC(=O)C(=O)[C@H](CC1CC1)NC(=O)[C@@H]1[C@@H]2[C@H](CN1C(=O)[C@@H](NC(=O)NC1(C3CCCS3(=O)=O)CCCCC1)C1(C)CCCCC1)C2(C)C. The number of rotatable bonds is 13. The third kappa shape index (κ3) is 7.60. The first-order valence-corrected chi connectivity index (χ1v) is 21.2. The first kappa shape index (κ1) is 37.8. The van der Waals surface area contributed by atoms with Crippen LogP contribution in [0.5, 0.6) is 0 Å². The van der Waals surface area contributed by atoms with Crippen molar-refractivity contribution >= 4 is 39.4 Å². The maximum atomic E-state index is 14.9. The van der Waals surface area contributed by atoms with Crippen LogP contribution in [0, 0.1) is 28.6 Å². The summed E-state index contributed by atoms with van der Waals surface area (Å²) in [6, 6.07) is -3.31. The molecular weight excluding hydrogens is 671 g/mol. The van der Waals surface area contributed by atoms with Gasteiger partial charge in [0.2, 0.25) is 17.6 Å². The van der Waals surface area contributed by atoms with Crippen LogP contribution < -0.4 is 21.3 Å². The molecule has 2 heterocycles. The van der Waals surface area contributed by atoms with Crippen LogP contribution in [0.3, 0.4) is 0 Å². The van der Waals surface area contributed by atoms with Gasteiger partial charge in [-0.05, 0) is 73.5 Å². The van der Waals surface area contributed by atoms with Gasteiger partial charge < -0.3 is 26.2 Å². The Morgan fingerprint density at radius 2 is 1.53 bits per heavy atom. The lowest BCUT2D eigenvalue weighted by atomic mass is 9.70. The van der Waals surface area contributed by atoms with E-state index in [4.69, 9.17) is 0 Å². The average Bonchev–Trinajstić information content (AvgIpc) is 3.87. The number of hydrogen-bond acceptors (Lipinski definition) is 7. The highest BCUT2D eigenvalue weighted by atomic mass is 32.2. The molecule has 4 N–H and O–H groups in total. The molecule has 5 amide bonds. The molecule has 0 radical (unpaired) electrons. The number of hydrogen-bond donors (Lipinski definition) is 4. The van der Waals surface area contributed by atoms with E-state index in [2.05, 4.69) is 41.7 Å². The van der Waals surface area contributed by atoms with Crippen molar-refractivity contribution in [2.75, 3.05) is 18.8 Å². The molecule has 4 saturated carbocycles. The number of likely N-dealkylation sites (tertiary alicyclic amines) is 1. The first-order chi connectivity index (χ1) is 24.1. The Hall–Kier alpha value is -2.96. The molecule has 0 aromatic carbocycles. The lowest BCUT2D eigenvalue weighted by molar-refractivity contribution is -0.146. The number of nitrogens with one attached hydrogen (secondary N) is 4. The molecule has 284 valence electrons. The van der Waals surface area contributed by atoms with Crippen molar-refractivity contribution in [1.29, 1.82) is 0 Å². The van der Waals surface area contributed by atoms with E-state index in [1.165, 1.54) is 6.08 Å². The van der Waals surface area contributed by atoms with E-state index >= 15 is 0 Å². The van der Waals surface area contributed by atoms with Crippen LogP contribution >= 0.6 is 0 Å². The molecule has 13 heteroatoms. The molecule has 1 unspecified atom stereocenters. The van der Waals surface area contributed by atoms with Crippen LogP contribution in [-0.4, -0.2) is 90.6 Å². The number of sulfone groups is 1. The third-order valence-electron chi connectivity index (χ3n) is 13.6. The topological polar surface area (TPSA) is 171 Å². The number of ketones is 1. The van der Waals surface area contributed by atoms with Gasteiger partial charge in [0.05, 0.1) is 22.6 Å². The zero-order valence-corrected chi connectivity index (χ0v) is 31.6. The summed E-state index contributed by atoms with van der Waals surface area (Å²) in [5.41, 5.74) is -1.63. The van der Waals surface area contributed by atoms with Crippen LogP contribution in [0.25, 0.3) is 0 Å². The quantitative estimate of drug-likeness (QED) is 0.166. The number of carbonyl (C=O) groups excluding carboxylic acids is 5. The van der Waals surface area contributed by atoms with Gasteiger partial charge in [0.1, 0.15) is 12.1 Å². The van der Waals surface area contributed by atoms with Crippen molar-refractivity contribution in [2.45, 2.75) is 146 Å². The maximum Gasteiger partial charge on any atom is 0.315 e. The molecule has 4 aliphatic carbocycles. The van der Waals surface area contributed by atoms with Gasteiger partial charge in [0.25, 0.3) is 5.91 Å². The van der Waals surface area contributed by atoms with E-state index in [-0.39, 0.29) is 41.4 Å². The van der Waals surface area contributed by atoms with Crippen molar-refractivity contribution in [1.82, 2.24) is 26.2 Å². The summed E-state index contributed by atoms with van der Waals surface area (Å²) >= 11 is 0. The molecule has 0 spiro atoms. The molecule has 2 aliphatic heterocycles. The summed E-state index contributed by atoms with van der Waals surface area (Å²) in [6.45, 7) is 10.3. The number of Topliss-reactive ketones (excluding diaryl/α,β-unsaturated/α-hetero) is 1. The Balaban J connectivity index is 1.25. The summed E-state index contributed by atoms with van der Waals surface area (Å²) in [5, 5.41) is 11.0. The lowest BCUT2D eigenvalue weighted by Crippen LogP contribution is -2.66. The van der Waals surface area contributed by atoms with Crippen LogP contribution in [-0.2, 0) is 29.0 Å². The fraction of sp³-hybridized carbons (Fsp3) is 0.816. The number of piperidine rings is 1. The number of fused-ring (bicyclic) bond motifs is 1. The molecule has 12 nitrogen and oxygen atoms in total. The van der Waals surface area contributed by atoms with Crippen LogP contribution in [0.4, 0.5) is 4.79 Å². The Kier molecular flexibility index (Phi) is 10.7. The molecular formula is C38H59N5O7S. The molecule has 6 rings (SSSR count). The minimum absolute atomic E-state index is 0.0809. The smallest absolute Gasteiger partial charge is 0.315 e. The predicted octanol–water partition coefficient (Wildman–Crippen LogP) is 3.54. The Bertz CT molecular complexity index is 1510. The Morgan fingerprint density at radius 3 is 2.12 bits per heavy atom. The fourth-order valence-corrected chi connectivity index (χ4v) is 12.6. The standard InChI is InChI=1S/C38H59N5O7S/c1-5-20-39-33(46)30(44)26(22-24-14-15-24)40-32(45)29-28-25(36(28,2)3)23-43(29)34(47)31(37(4)16-8-6-9-17-37)41-35(48)42-38(18-10-7-11-19-38)27-13-12-21-51(27,49)50/h5,24-29,31H,1,6-23H2,2-4H3,(H,39,46)(H,40,45)(H2,41,42,48)/t25-,26-,27?,28-,29-,31+/m0/s1. The second kappa shape index (κ2) is 14.5. The zero-order valence-electron chi connectivity index (χ0n) is 30.8. The zero-order chi connectivity index (χ0) is 36.8. The van der Waals surface area contributed by atoms with Gasteiger partial charge in [-0.3, -0.25) is 19.2 Å². The number of urea groups is 1. The fourth-order valence-electron chi connectivity index (χ4n) is 10.3. The molecule has 0 aromatic heterocycles. The van der Waals surface area contributed by atoms with Crippen molar-refractivity contribution in [3.8, 4) is 0 Å². The van der Waals surface area contributed by atoms with Gasteiger partial charge in [0.15, 0.2) is 9.84 Å². The van der Waals surface area contributed by atoms with Gasteiger partial charge in [-0.2, -0.15) is 0 Å². The van der Waals surface area contributed by atoms with Gasteiger partial charge in [-0.15, -0.1) is 6.58 Å². The van der Waals surface area contributed by atoms with Crippen LogP contribution in [0.15, 0.2) is 12.7 Å². The highest BCUT2D eigenvalue weighted by Crippen LogP contribution is 2.65. The number of nitrogens with zero attached hydrogens (tertiary/aromatic N) is 1. The third-order valence-corrected chi connectivity index (χ3v) is 16.0. The second-order valence-electron chi connectivity index (χ2n) is 17.5. The number of carbonyl (C=O) groups is 5. The van der Waals surface area contributed by atoms with Gasteiger partial charge in [-0.25, -0.2) is 13.2 Å². The molecule has 2 saturated heterocycles. The molecule has 6 aliphatic rings. The van der Waals surface area contributed by atoms with Crippen LogP contribution in [0.2, 0.25) is 0 Å². The largest absolute Gasteiger partial charge is 0.346 e. The molecule has 6 atom stereocenters. The Morgan fingerprint density at radius 1 is 0.882 bits per heavy atom. The Labute approximate surface area is 303 Å². The number of amides is 5. The maximum absolute atomic E-state index is 14.9. The van der Waals surface area contributed by atoms with E-state index in [9.17, 15) is 32.4 Å². The highest BCUT2D eigenvalue weighted by Gasteiger charge is 2.70. The molecule has 0 aromatic rings. The molecule has 0 bridgehead atoms. The summed E-state index contributed by atoms with van der Waals surface area (Å²) in [4.78, 5) is 70.9. The van der Waals surface area contributed by atoms with Gasteiger partial charge in [0, 0.05) is 13.1 Å². The van der Waals surface area contributed by atoms with Crippen molar-refractivity contribution < 1.29 is 32.4 Å². The summed E-state index contributed by atoms with van der Waals surface area (Å²) in [6.07, 6.45) is 12.9. The predicted molar refractivity (Wildman–Crippen MR) is 193 cm³/mol. The summed E-state index contributed by atoms with van der Waals surface area (Å²) in [5.74, 6) is -1.90. The highest BCUT2D eigenvalue weighted by molar-refractivity contribution is 7.92. The first-order valence-electron chi connectivity index (χ1n) is 19.5. The average molecular weight is 730 g/mol. The van der Waals surface area contributed by atoms with Gasteiger partial charge >= 0.3 is 6.03 Å². The van der Waals surface area contributed by atoms with Crippen molar-refractivity contribution in [3.05, 3.63) is 12.7 Å². The van der Waals surface area contributed by atoms with E-state index in [1.807, 2.05) is 6.92 Å². The van der Waals surface area contributed by atoms with Crippen molar-refractivity contribution in [2.24, 2.45) is 28.6 Å². The van der Waals surface area contributed by atoms with E-state index in [0.717, 1.165) is 64.2 Å². The van der Waals surface area contributed by atoms with Crippen LogP contribution in [0.1, 0.15) is 117 Å². The molecule has 6 fully saturated rings. The van der Waals surface area contributed by atoms with E-state index in [0.29, 0.717) is 38.6 Å². The minimum Gasteiger partial charge on any atom is -0.346 e. The van der Waals surface area contributed by atoms with Gasteiger partial charge in [-0.1, -0.05) is 78.2 Å². The monoisotopic (exact) mass is 729 g/mol. The lowest BCUT2D eigenvalue weighted by Gasteiger charge is -2.45. The normalized spacial score (nSPS) is 30.9. The van der Waals surface area contributed by atoms with Crippen molar-refractivity contribution in [3.63, 3.8) is 0 Å². The summed E-state index contributed by atoms with van der Waals surface area (Å²) in [7, 11) is -3.36. The second-order valence-corrected chi connectivity index (χ2v) is 19.8. The van der Waals surface area contributed by atoms with E-state index < -0.39 is 67.8 Å². The minimum atomic E-state index is -3.36. The van der Waals surface area contributed by atoms with E-state index in [1.54, 1.807) is 4.90 Å². The summed E-state index contributed by atoms with van der Waals surface area (Å²) < 4.78 is 26.4. The molecule has 51 heavy (non-hydrogen) atoms.